The first-order valence-electron chi connectivity index (χ1n) is 4.76. The van der Waals surface area contributed by atoms with Gasteiger partial charge in [-0.05, 0) is 43.2 Å². The first kappa shape index (κ1) is 10.2. The molecule has 0 N–H and O–H groups in total. The van der Waals surface area contributed by atoms with Gasteiger partial charge in [0, 0.05) is 9.92 Å². The molecule has 1 nitrogen and oxygen atoms in total. The fourth-order valence-corrected chi connectivity index (χ4v) is 1.94. The molecular formula is C11H13ClOS. The minimum absolute atomic E-state index is 0.744. The summed E-state index contributed by atoms with van der Waals surface area (Å²) in [5.74, 6) is 1.71. The molecule has 0 bridgehead atoms. The lowest BCUT2D eigenvalue weighted by Crippen LogP contribution is -1.99. The smallest absolute Gasteiger partial charge is 0.134 e. The van der Waals surface area contributed by atoms with Gasteiger partial charge in [-0.25, -0.2) is 0 Å². The van der Waals surface area contributed by atoms with Crippen LogP contribution in [0.4, 0.5) is 0 Å². The van der Waals surface area contributed by atoms with E-state index in [2.05, 4.69) is 0 Å². The highest BCUT2D eigenvalue weighted by Crippen LogP contribution is 2.34. The van der Waals surface area contributed by atoms with E-state index in [-0.39, 0.29) is 0 Å². The van der Waals surface area contributed by atoms with Crippen molar-refractivity contribution in [3.63, 3.8) is 0 Å². The van der Waals surface area contributed by atoms with Crippen LogP contribution in [0, 0.1) is 5.92 Å². The SMILES string of the molecule is CSc1ccc(Cl)cc1OCC1CC1. The van der Waals surface area contributed by atoms with E-state index < -0.39 is 0 Å². The zero-order valence-corrected chi connectivity index (χ0v) is 9.70. The fraction of sp³-hybridized carbons (Fsp3) is 0.455. The number of halogens is 1. The molecule has 0 atom stereocenters. The van der Waals surface area contributed by atoms with Crippen molar-refractivity contribution in [3.05, 3.63) is 23.2 Å². The van der Waals surface area contributed by atoms with E-state index in [9.17, 15) is 0 Å². The Balaban J connectivity index is 2.07. The third-order valence-electron chi connectivity index (χ3n) is 2.30. The van der Waals surface area contributed by atoms with E-state index in [0.29, 0.717) is 0 Å². The molecule has 0 aliphatic heterocycles. The zero-order valence-electron chi connectivity index (χ0n) is 8.13. The van der Waals surface area contributed by atoms with E-state index in [1.165, 1.54) is 12.8 Å². The monoisotopic (exact) mass is 228 g/mol. The molecule has 0 amide bonds. The van der Waals surface area contributed by atoms with Gasteiger partial charge in [0.25, 0.3) is 0 Å². The van der Waals surface area contributed by atoms with Gasteiger partial charge in [-0.2, -0.15) is 0 Å². The summed E-state index contributed by atoms with van der Waals surface area (Å²) in [5.41, 5.74) is 0. The largest absolute Gasteiger partial charge is 0.492 e. The van der Waals surface area contributed by atoms with Crippen molar-refractivity contribution >= 4 is 23.4 Å². The van der Waals surface area contributed by atoms with Crippen LogP contribution in [0.1, 0.15) is 12.8 Å². The van der Waals surface area contributed by atoms with E-state index in [4.69, 9.17) is 16.3 Å². The minimum Gasteiger partial charge on any atom is -0.492 e. The van der Waals surface area contributed by atoms with Crippen molar-refractivity contribution < 1.29 is 4.74 Å². The second kappa shape index (κ2) is 4.45. The van der Waals surface area contributed by atoms with E-state index in [1.54, 1.807) is 11.8 Å². The predicted octanol–water partition coefficient (Wildman–Crippen LogP) is 3.85. The van der Waals surface area contributed by atoms with Crippen LogP contribution >= 0.6 is 23.4 Å². The summed E-state index contributed by atoms with van der Waals surface area (Å²) < 4.78 is 5.73. The summed E-state index contributed by atoms with van der Waals surface area (Å²) >= 11 is 7.61. The highest BCUT2D eigenvalue weighted by Gasteiger charge is 2.22. The summed E-state index contributed by atoms with van der Waals surface area (Å²) in [6.45, 7) is 0.841. The maximum absolute atomic E-state index is 5.92. The predicted molar refractivity (Wildman–Crippen MR) is 61.5 cm³/mol. The van der Waals surface area contributed by atoms with Gasteiger partial charge in [0.15, 0.2) is 0 Å². The third kappa shape index (κ3) is 2.58. The van der Waals surface area contributed by atoms with Crippen LogP contribution in [-0.2, 0) is 0 Å². The number of benzene rings is 1. The Morgan fingerprint density at radius 1 is 1.50 bits per heavy atom. The van der Waals surface area contributed by atoms with Crippen LogP contribution in [-0.4, -0.2) is 12.9 Å². The quantitative estimate of drug-likeness (QED) is 0.724. The number of ether oxygens (including phenoxy) is 1. The van der Waals surface area contributed by atoms with Gasteiger partial charge in [0.1, 0.15) is 5.75 Å². The van der Waals surface area contributed by atoms with E-state index in [0.717, 1.165) is 28.2 Å². The van der Waals surface area contributed by atoms with Crippen LogP contribution in [0.2, 0.25) is 5.02 Å². The molecule has 1 aromatic rings. The molecule has 1 fully saturated rings. The number of thioether (sulfide) groups is 1. The standard InChI is InChI=1S/C11H13ClOS/c1-14-11-5-4-9(12)6-10(11)13-7-8-2-3-8/h4-6,8H,2-3,7H2,1H3. The van der Waals surface area contributed by atoms with Gasteiger partial charge in [-0.15, -0.1) is 11.8 Å². The van der Waals surface area contributed by atoms with Gasteiger partial charge in [-0.3, -0.25) is 0 Å². The van der Waals surface area contributed by atoms with Crippen molar-refractivity contribution in [3.8, 4) is 5.75 Å². The van der Waals surface area contributed by atoms with Gasteiger partial charge < -0.3 is 4.74 Å². The summed E-state index contributed by atoms with van der Waals surface area (Å²) in [5, 5.41) is 0.744. The maximum atomic E-state index is 5.92. The maximum Gasteiger partial charge on any atom is 0.134 e. The van der Waals surface area contributed by atoms with Crippen LogP contribution in [0.25, 0.3) is 0 Å². The first-order chi connectivity index (χ1) is 6.79. The topological polar surface area (TPSA) is 9.23 Å². The van der Waals surface area contributed by atoms with Crippen LogP contribution < -0.4 is 4.74 Å². The van der Waals surface area contributed by atoms with Gasteiger partial charge >= 0.3 is 0 Å². The zero-order chi connectivity index (χ0) is 9.97. The molecule has 0 aromatic heterocycles. The van der Waals surface area contributed by atoms with Crippen molar-refractivity contribution in [2.24, 2.45) is 5.92 Å². The Kier molecular flexibility index (Phi) is 3.24. The normalized spacial score (nSPS) is 15.6. The Labute approximate surface area is 93.8 Å². The molecule has 1 aliphatic rings. The van der Waals surface area contributed by atoms with Crippen LogP contribution in [0.5, 0.6) is 5.75 Å². The Bertz CT molecular complexity index is 323. The highest BCUT2D eigenvalue weighted by atomic mass is 35.5. The average molecular weight is 229 g/mol. The summed E-state index contributed by atoms with van der Waals surface area (Å²) in [7, 11) is 0. The Morgan fingerprint density at radius 2 is 2.29 bits per heavy atom. The van der Waals surface area contributed by atoms with Gasteiger partial charge in [0.2, 0.25) is 0 Å². The molecule has 0 heterocycles. The molecule has 76 valence electrons. The molecule has 3 heteroatoms. The molecule has 0 spiro atoms. The number of hydrogen-bond acceptors (Lipinski definition) is 2. The van der Waals surface area contributed by atoms with Crippen molar-refractivity contribution in [2.75, 3.05) is 12.9 Å². The molecular weight excluding hydrogens is 216 g/mol. The molecule has 1 saturated carbocycles. The molecule has 1 aromatic carbocycles. The lowest BCUT2D eigenvalue weighted by molar-refractivity contribution is 0.293. The lowest BCUT2D eigenvalue weighted by Gasteiger charge is -2.09. The Hall–Kier alpha value is -0.340. The van der Waals surface area contributed by atoms with Gasteiger partial charge in [-0.1, -0.05) is 11.6 Å². The summed E-state index contributed by atoms with van der Waals surface area (Å²) in [6, 6.07) is 5.81. The average Bonchev–Trinajstić information content (AvgIpc) is 2.98. The molecule has 1 aliphatic carbocycles. The Morgan fingerprint density at radius 3 is 2.93 bits per heavy atom. The molecule has 0 unspecified atom stereocenters. The van der Waals surface area contributed by atoms with Crippen LogP contribution in [0.15, 0.2) is 23.1 Å². The van der Waals surface area contributed by atoms with Crippen molar-refractivity contribution in [1.29, 1.82) is 0 Å². The first-order valence-corrected chi connectivity index (χ1v) is 6.36. The third-order valence-corrected chi connectivity index (χ3v) is 3.31. The summed E-state index contributed by atoms with van der Waals surface area (Å²) in [6.07, 6.45) is 4.68. The second-order valence-electron chi connectivity index (χ2n) is 3.55. The lowest BCUT2D eigenvalue weighted by atomic mass is 10.3. The second-order valence-corrected chi connectivity index (χ2v) is 4.83. The van der Waals surface area contributed by atoms with Crippen molar-refractivity contribution in [1.82, 2.24) is 0 Å². The highest BCUT2D eigenvalue weighted by molar-refractivity contribution is 7.98. The van der Waals surface area contributed by atoms with Crippen molar-refractivity contribution in [2.45, 2.75) is 17.7 Å². The fourth-order valence-electron chi connectivity index (χ4n) is 1.26. The van der Waals surface area contributed by atoms with Gasteiger partial charge in [0.05, 0.1) is 6.61 Å². The van der Waals surface area contributed by atoms with E-state index in [1.807, 2.05) is 24.5 Å². The molecule has 0 saturated heterocycles. The molecule has 0 radical (unpaired) electrons. The molecule has 14 heavy (non-hydrogen) atoms. The number of rotatable bonds is 4. The molecule has 2 rings (SSSR count). The number of hydrogen-bond donors (Lipinski definition) is 0. The minimum atomic E-state index is 0.744. The van der Waals surface area contributed by atoms with E-state index >= 15 is 0 Å². The summed E-state index contributed by atoms with van der Waals surface area (Å²) in [4.78, 5) is 1.16. The van der Waals surface area contributed by atoms with Crippen LogP contribution in [0.3, 0.4) is 0 Å².